The van der Waals surface area contributed by atoms with Crippen molar-refractivity contribution in [1.82, 2.24) is 5.32 Å². The highest BCUT2D eigenvalue weighted by atomic mass is 16.7. The Balaban J connectivity index is 1.23. The average Bonchev–Trinajstić information content (AvgIpc) is 3.95. The van der Waals surface area contributed by atoms with Crippen LogP contribution in [0.5, 0.6) is 11.5 Å². The molecule has 4 aliphatic heterocycles. The standard InChI is InChI=1S/C35H37NO10/c1-17(2)33-30(39)34-24(45-34)16-23-25-22(14-15-32(23,3)35(34,40)36-31(33)46-33)29(38)44-27(25)26(18-6-10-20(41-4)11-7-18)43-28(37)19-8-12-21(42-5)13-9-19/h6-13,17,23-24,30-31,36,39-40H,14-16H2,1-5H3/b27-26+/t23-,24-,30+,31+,32-,33+,34+,35+/m0/s1. The minimum Gasteiger partial charge on any atom is -0.497 e. The van der Waals surface area contributed by atoms with Crippen LogP contribution in [0.3, 0.4) is 0 Å². The normalized spacial score (nSPS) is 39.3. The van der Waals surface area contributed by atoms with Crippen LogP contribution in [-0.4, -0.2) is 71.7 Å². The van der Waals surface area contributed by atoms with Crippen LogP contribution in [0.1, 0.15) is 56.0 Å². The zero-order chi connectivity index (χ0) is 32.4. The van der Waals surface area contributed by atoms with Crippen molar-refractivity contribution >= 4 is 17.7 Å². The Labute approximate surface area is 266 Å². The van der Waals surface area contributed by atoms with Crippen molar-refractivity contribution in [3.63, 3.8) is 0 Å². The van der Waals surface area contributed by atoms with E-state index in [0.29, 0.717) is 47.5 Å². The Morgan fingerprint density at radius 3 is 2.24 bits per heavy atom. The number of ether oxygens (including phenoxy) is 6. The molecule has 0 unspecified atom stereocenters. The summed E-state index contributed by atoms with van der Waals surface area (Å²) in [6.45, 7) is 5.93. The molecule has 0 radical (unpaired) electrons. The second-order valence-electron chi connectivity index (χ2n) is 13.7. The highest BCUT2D eigenvalue weighted by Crippen LogP contribution is 2.73. The number of benzene rings is 2. The zero-order valence-corrected chi connectivity index (χ0v) is 26.3. The zero-order valence-electron chi connectivity index (χ0n) is 26.3. The van der Waals surface area contributed by atoms with Gasteiger partial charge in [0.15, 0.2) is 22.8 Å². The predicted molar refractivity (Wildman–Crippen MR) is 161 cm³/mol. The van der Waals surface area contributed by atoms with E-state index in [-0.39, 0.29) is 23.0 Å². The van der Waals surface area contributed by atoms with E-state index in [9.17, 15) is 19.8 Å². The van der Waals surface area contributed by atoms with Gasteiger partial charge in [-0.3, -0.25) is 5.32 Å². The molecule has 3 saturated heterocycles. The number of aliphatic hydroxyl groups is 2. The van der Waals surface area contributed by atoms with Crippen LogP contribution in [0, 0.1) is 17.3 Å². The number of aliphatic hydroxyl groups excluding tert-OH is 1. The Kier molecular flexibility index (Phi) is 6.22. The van der Waals surface area contributed by atoms with Gasteiger partial charge in [0.1, 0.15) is 29.4 Å². The largest absolute Gasteiger partial charge is 0.497 e. The molecule has 1 saturated carbocycles. The molecule has 6 aliphatic rings. The molecular formula is C35H37NO10. The van der Waals surface area contributed by atoms with Gasteiger partial charge in [-0.15, -0.1) is 0 Å². The van der Waals surface area contributed by atoms with Gasteiger partial charge in [-0.05, 0) is 73.7 Å². The van der Waals surface area contributed by atoms with Gasteiger partial charge in [0.25, 0.3) is 0 Å². The van der Waals surface area contributed by atoms with Crippen molar-refractivity contribution < 1.29 is 48.2 Å². The smallest absolute Gasteiger partial charge is 0.343 e. The molecule has 11 nitrogen and oxygen atoms in total. The molecule has 0 amide bonds. The van der Waals surface area contributed by atoms with E-state index in [4.69, 9.17) is 28.4 Å². The third-order valence-electron chi connectivity index (χ3n) is 11.5. The molecule has 0 bridgehead atoms. The maximum atomic E-state index is 13.6. The van der Waals surface area contributed by atoms with E-state index in [1.807, 2.05) is 20.8 Å². The number of cyclic esters (lactones) is 1. The lowest BCUT2D eigenvalue weighted by Gasteiger charge is -2.59. The van der Waals surface area contributed by atoms with Crippen molar-refractivity contribution in [2.24, 2.45) is 17.3 Å². The third-order valence-corrected chi connectivity index (χ3v) is 11.5. The van der Waals surface area contributed by atoms with E-state index in [2.05, 4.69) is 5.32 Å². The van der Waals surface area contributed by atoms with Crippen molar-refractivity contribution in [3.8, 4) is 11.5 Å². The van der Waals surface area contributed by atoms with Crippen molar-refractivity contribution in [2.45, 2.75) is 75.4 Å². The Bertz CT molecular complexity index is 1720. The summed E-state index contributed by atoms with van der Waals surface area (Å²) >= 11 is 0. The second-order valence-corrected chi connectivity index (χ2v) is 13.7. The Morgan fingerprint density at radius 2 is 1.63 bits per heavy atom. The molecule has 2 aromatic carbocycles. The highest BCUT2D eigenvalue weighted by molar-refractivity contribution is 5.99. The van der Waals surface area contributed by atoms with Crippen LogP contribution < -0.4 is 14.8 Å². The summed E-state index contributed by atoms with van der Waals surface area (Å²) < 4.78 is 35.0. The average molecular weight is 632 g/mol. The molecule has 2 aliphatic carbocycles. The molecule has 242 valence electrons. The van der Waals surface area contributed by atoms with Crippen molar-refractivity contribution in [1.29, 1.82) is 0 Å². The molecule has 1 spiro atoms. The molecule has 46 heavy (non-hydrogen) atoms. The molecule has 8 atom stereocenters. The van der Waals surface area contributed by atoms with Crippen molar-refractivity contribution in [3.05, 3.63) is 76.6 Å². The van der Waals surface area contributed by atoms with Crippen LogP contribution in [0.2, 0.25) is 0 Å². The lowest BCUT2D eigenvalue weighted by atomic mass is 9.49. The maximum Gasteiger partial charge on any atom is 0.343 e. The summed E-state index contributed by atoms with van der Waals surface area (Å²) in [4.78, 5) is 27.0. The number of allylic oxidation sites excluding steroid dienone is 1. The summed E-state index contributed by atoms with van der Waals surface area (Å²) in [6.07, 6.45) is -0.949. The van der Waals surface area contributed by atoms with Gasteiger partial charge in [-0.1, -0.05) is 20.8 Å². The van der Waals surface area contributed by atoms with E-state index in [1.54, 1.807) is 55.6 Å². The first kappa shape index (κ1) is 29.6. The van der Waals surface area contributed by atoms with Crippen LogP contribution in [0.15, 0.2) is 65.4 Å². The quantitative estimate of drug-likeness (QED) is 0.245. The topological polar surface area (TPSA) is 149 Å². The number of piperidine rings is 1. The summed E-state index contributed by atoms with van der Waals surface area (Å²) in [5, 5.41) is 27.8. The summed E-state index contributed by atoms with van der Waals surface area (Å²) in [6, 6.07) is 13.4. The van der Waals surface area contributed by atoms with Crippen LogP contribution in [-0.2, 0) is 23.7 Å². The molecule has 8 rings (SSSR count). The fourth-order valence-corrected chi connectivity index (χ4v) is 8.70. The van der Waals surface area contributed by atoms with Crippen LogP contribution in [0.25, 0.3) is 5.76 Å². The maximum absolute atomic E-state index is 13.6. The first-order valence-electron chi connectivity index (χ1n) is 15.7. The van der Waals surface area contributed by atoms with Gasteiger partial charge in [0.05, 0.1) is 25.9 Å². The fourth-order valence-electron chi connectivity index (χ4n) is 8.70. The second kappa shape index (κ2) is 9.65. The van der Waals surface area contributed by atoms with E-state index in [1.165, 1.54) is 7.11 Å². The highest BCUT2D eigenvalue weighted by Gasteiger charge is 2.91. The third kappa shape index (κ3) is 3.60. The Morgan fingerprint density at radius 1 is 1.00 bits per heavy atom. The number of epoxide rings is 2. The van der Waals surface area contributed by atoms with Gasteiger partial charge in [0, 0.05) is 28.0 Å². The Hall–Kier alpha value is -3.74. The van der Waals surface area contributed by atoms with E-state index < -0.39 is 58.6 Å². The number of hydrogen-bond donors (Lipinski definition) is 3. The first-order chi connectivity index (χ1) is 21.9. The van der Waals surface area contributed by atoms with E-state index in [0.717, 1.165) is 0 Å². The number of rotatable bonds is 6. The number of hydrogen-bond acceptors (Lipinski definition) is 11. The molecular weight excluding hydrogens is 594 g/mol. The lowest BCUT2D eigenvalue weighted by molar-refractivity contribution is -0.229. The number of carbonyl (C=O) groups is 2. The summed E-state index contributed by atoms with van der Waals surface area (Å²) in [7, 11) is 3.09. The van der Waals surface area contributed by atoms with Gasteiger partial charge >= 0.3 is 11.9 Å². The lowest BCUT2D eigenvalue weighted by Crippen LogP contribution is -2.80. The molecule has 2 aromatic rings. The number of fused-ring (bicyclic) bond motifs is 4. The molecule has 11 heteroatoms. The predicted octanol–water partition coefficient (Wildman–Crippen LogP) is 3.44. The number of nitrogens with one attached hydrogen (secondary N) is 1. The first-order valence-corrected chi connectivity index (χ1v) is 15.7. The number of carbonyl (C=O) groups excluding carboxylic acids is 2. The fraction of sp³-hybridized carbons (Fsp3) is 0.486. The number of esters is 2. The minimum atomic E-state index is -1.68. The monoisotopic (exact) mass is 631 g/mol. The van der Waals surface area contributed by atoms with Gasteiger partial charge in [0.2, 0.25) is 0 Å². The van der Waals surface area contributed by atoms with Gasteiger partial charge in [-0.25, -0.2) is 9.59 Å². The summed E-state index contributed by atoms with van der Waals surface area (Å²) in [5.41, 5.74) is -2.87. The summed E-state index contributed by atoms with van der Waals surface area (Å²) in [5.74, 6) is -0.225. The molecule has 4 fully saturated rings. The van der Waals surface area contributed by atoms with Gasteiger partial charge in [-0.2, -0.15) is 0 Å². The minimum absolute atomic E-state index is 0.0159. The molecule has 3 N–H and O–H groups in total. The van der Waals surface area contributed by atoms with Gasteiger partial charge < -0.3 is 38.6 Å². The SMILES string of the molecule is COc1ccc(C(=O)O/C(=C2/OC(=O)C3=C2[C@@H]2C[C@@H]4O[C@@]45[C@H](O)[C@@]4(C(C)C)O[C@H]4N[C@@]5(O)[C@@]2(C)CC3)c2ccc(OC)cc2)cc1. The van der Waals surface area contributed by atoms with Crippen LogP contribution in [0.4, 0.5) is 0 Å². The molecule has 0 aromatic heterocycles. The van der Waals surface area contributed by atoms with Crippen LogP contribution >= 0.6 is 0 Å². The molecule has 4 heterocycles. The number of methoxy groups -OCH3 is 2. The van der Waals surface area contributed by atoms with Crippen molar-refractivity contribution in [2.75, 3.05) is 14.2 Å². The van der Waals surface area contributed by atoms with E-state index >= 15 is 0 Å².